The molecule has 0 bridgehead atoms. The Balaban J connectivity index is 2.96. The molecule has 0 heterocycles. The van der Waals surface area contributed by atoms with Gasteiger partial charge in [-0.25, -0.2) is 17.5 Å². The topological polar surface area (TPSA) is 61.4 Å². The lowest BCUT2D eigenvalue weighted by molar-refractivity contribution is 0.199. The third kappa shape index (κ3) is 4.74. The number of sulfonamides is 1. The van der Waals surface area contributed by atoms with Crippen molar-refractivity contribution in [1.82, 2.24) is 14.9 Å². The van der Waals surface area contributed by atoms with Gasteiger partial charge in [-0.2, -0.15) is 0 Å². The van der Waals surface area contributed by atoms with Crippen LogP contribution >= 0.6 is 0 Å². The molecular weight excluding hydrogens is 293 g/mol. The van der Waals surface area contributed by atoms with Gasteiger partial charge in [0.1, 0.15) is 5.82 Å². The van der Waals surface area contributed by atoms with Gasteiger partial charge in [-0.3, -0.25) is 0 Å². The van der Waals surface area contributed by atoms with E-state index in [9.17, 15) is 12.8 Å². The zero-order valence-corrected chi connectivity index (χ0v) is 14.0. The molecule has 0 radical (unpaired) electrons. The Bertz CT molecular complexity index is 586. The maximum Gasteiger partial charge on any atom is 0.240 e. The molecule has 0 aromatic heterocycles. The highest BCUT2D eigenvalue weighted by Gasteiger charge is 2.24. The number of benzene rings is 1. The Morgan fingerprint density at radius 2 is 1.90 bits per heavy atom. The lowest BCUT2D eigenvalue weighted by Gasteiger charge is -2.32. The highest BCUT2D eigenvalue weighted by atomic mass is 32.2. The third-order valence-corrected chi connectivity index (χ3v) is 5.00. The van der Waals surface area contributed by atoms with Gasteiger partial charge in [-0.05, 0) is 53.2 Å². The predicted molar refractivity (Wildman–Crippen MR) is 82.1 cm³/mol. The van der Waals surface area contributed by atoms with Gasteiger partial charge in [0.25, 0.3) is 0 Å². The van der Waals surface area contributed by atoms with Crippen molar-refractivity contribution in [2.45, 2.75) is 30.8 Å². The molecule has 0 fully saturated rings. The number of halogens is 1. The van der Waals surface area contributed by atoms with Gasteiger partial charge >= 0.3 is 0 Å². The monoisotopic (exact) mass is 317 g/mol. The van der Waals surface area contributed by atoms with Crippen molar-refractivity contribution in [2.75, 3.05) is 27.7 Å². The average molecular weight is 317 g/mol. The van der Waals surface area contributed by atoms with E-state index in [1.54, 1.807) is 7.05 Å². The Kier molecular flexibility index (Phi) is 5.86. The van der Waals surface area contributed by atoms with E-state index in [-0.39, 0.29) is 23.5 Å². The summed E-state index contributed by atoms with van der Waals surface area (Å²) < 4.78 is 40.7. The summed E-state index contributed by atoms with van der Waals surface area (Å²) >= 11 is 0. The van der Waals surface area contributed by atoms with Crippen LogP contribution in [-0.2, 0) is 16.6 Å². The van der Waals surface area contributed by atoms with Crippen LogP contribution in [0.2, 0.25) is 0 Å². The lowest BCUT2D eigenvalue weighted by atomic mass is 10.1. The summed E-state index contributed by atoms with van der Waals surface area (Å²) in [5.41, 5.74) is 0.00761. The third-order valence-electron chi connectivity index (χ3n) is 3.60. The molecule has 21 heavy (non-hydrogen) atoms. The van der Waals surface area contributed by atoms with Gasteiger partial charge in [0.05, 0.1) is 4.90 Å². The van der Waals surface area contributed by atoms with E-state index in [1.807, 2.05) is 32.8 Å². The average Bonchev–Trinajstić information content (AvgIpc) is 2.39. The first-order valence-electron chi connectivity index (χ1n) is 6.70. The van der Waals surface area contributed by atoms with Crippen LogP contribution < -0.4 is 10.0 Å². The molecule has 120 valence electrons. The summed E-state index contributed by atoms with van der Waals surface area (Å²) in [6.07, 6.45) is 0. The van der Waals surface area contributed by atoms with Crippen LogP contribution in [0.1, 0.15) is 19.4 Å². The highest BCUT2D eigenvalue weighted by molar-refractivity contribution is 7.89. The van der Waals surface area contributed by atoms with E-state index < -0.39 is 15.8 Å². The van der Waals surface area contributed by atoms with Crippen molar-refractivity contribution < 1.29 is 12.8 Å². The maximum absolute atomic E-state index is 13.6. The van der Waals surface area contributed by atoms with Crippen LogP contribution in [0.3, 0.4) is 0 Å². The molecular formula is C14H24FN3O2S. The largest absolute Gasteiger partial charge is 0.316 e. The summed E-state index contributed by atoms with van der Waals surface area (Å²) in [4.78, 5) is 2.01. The SMILES string of the molecule is CNCc1cc(S(=O)(=O)NCC(C)(C)N(C)C)ccc1F. The fourth-order valence-corrected chi connectivity index (χ4v) is 2.81. The second-order valence-corrected chi connectivity index (χ2v) is 7.58. The molecule has 0 unspecified atom stereocenters. The number of hydrogen-bond donors (Lipinski definition) is 2. The van der Waals surface area contributed by atoms with Crippen molar-refractivity contribution in [1.29, 1.82) is 0 Å². The zero-order valence-electron chi connectivity index (χ0n) is 13.2. The molecule has 1 aromatic carbocycles. The number of likely N-dealkylation sites (N-methyl/N-ethyl adjacent to an activating group) is 1. The summed E-state index contributed by atoms with van der Waals surface area (Å²) in [6, 6.07) is 3.81. The smallest absolute Gasteiger partial charge is 0.240 e. The van der Waals surface area contributed by atoms with Gasteiger partial charge in [0.2, 0.25) is 10.0 Å². The van der Waals surface area contributed by atoms with Crippen LogP contribution in [0.4, 0.5) is 4.39 Å². The van der Waals surface area contributed by atoms with E-state index in [2.05, 4.69) is 10.0 Å². The van der Waals surface area contributed by atoms with Crippen LogP contribution in [-0.4, -0.2) is 46.5 Å². The number of nitrogens with zero attached hydrogens (tertiary/aromatic N) is 1. The van der Waals surface area contributed by atoms with Crippen molar-refractivity contribution in [3.8, 4) is 0 Å². The normalized spacial score (nSPS) is 12.9. The maximum atomic E-state index is 13.6. The van der Waals surface area contributed by atoms with Gasteiger partial charge in [-0.15, -0.1) is 0 Å². The molecule has 0 atom stereocenters. The minimum atomic E-state index is -3.66. The Hall–Kier alpha value is -1.02. The number of nitrogens with one attached hydrogen (secondary N) is 2. The first-order chi connectivity index (χ1) is 9.60. The van der Waals surface area contributed by atoms with E-state index >= 15 is 0 Å². The molecule has 0 saturated heterocycles. The van der Waals surface area contributed by atoms with Gasteiger partial charge in [-0.1, -0.05) is 0 Å². The minimum Gasteiger partial charge on any atom is -0.316 e. The van der Waals surface area contributed by atoms with E-state index in [0.717, 1.165) is 0 Å². The second-order valence-electron chi connectivity index (χ2n) is 5.81. The molecule has 2 N–H and O–H groups in total. The zero-order chi connectivity index (χ0) is 16.3. The number of hydrogen-bond acceptors (Lipinski definition) is 4. The van der Waals surface area contributed by atoms with Crippen molar-refractivity contribution >= 4 is 10.0 Å². The summed E-state index contributed by atoms with van der Waals surface area (Å²) in [6.45, 7) is 4.42. The molecule has 5 nitrogen and oxygen atoms in total. The Morgan fingerprint density at radius 1 is 1.29 bits per heavy atom. The summed E-state index contributed by atoms with van der Waals surface area (Å²) in [7, 11) is 1.80. The quantitative estimate of drug-likeness (QED) is 0.792. The van der Waals surface area contributed by atoms with Crippen molar-refractivity contribution in [3.63, 3.8) is 0 Å². The standard InChI is InChI=1S/C14H24FN3O2S/c1-14(2,18(4)5)10-17-21(19,20)12-6-7-13(15)11(8-12)9-16-3/h6-8,16-17H,9-10H2,1-5H3. The number of rotatable bonds is 7. The van der Waals surface area contributed by atoms with Crippen molar-refractivity contribution in [2.24, 2.45) is 0 Å². The van der Waals surface area contributed by atoms with E-state index in [0.29, 0.717) is 5.56 Å². The summed E-state index contributed by atoms with van der Waals surface area (Å²) in [5.74, 6) is -0.420. The fraction of sp³-hybridized carbons (Fsp3) is 0.571. The Morgan fingerprint density at radius 3 is 2.43 bits per heavy atom. The molecule has 1 rings (SSSR count). The van der Waals surface area contributed by atoms with E-state index in [4.69, 9.17) is 0 Å². The van der Waals surface area contributed by atoms with Crippen LogP contribution in [0, 0.1) is 5.82 Å². The van der Waals surface area contributed by atoms with Crippen LogP contribution in [0.5, 0.6) is 0 Å². The predicted octanol–water partition coefficient (Wildman–Crippen LogP) is 1.16. The lowest BCUT2D eigenvalue weighted by Crippen LogP contribution is -2.48. The molecule has 0 aliphatic rings. The molecule has 7 heteroatoms. The fourth-order valence-electron chi connectivity index (χ4n) is 1.56. The molecule has 0 amide bonds. The van der Waals surface area contributed by atoms with Crippen LogP contribution in [0.15, 0.2) is 23.1 Å². The van der Waals surface area contributed by atoms with E-state index in [1.165, 1.54) is 18.2 Å². The molecule has 0 aliphatic carbocycles. The molecule has 0 spiro atoms. The highest BCUT2D eigenvalue weighted by Crippen LogP contribution is 2.16. The second kappa shape index (κ2) is 6.83. The Labute approximate surface area is 126 Å². The van der Waals surface area contributed by atoms with Gasteiger partial charge in [0.15, 0.2) is 0 Å². The van der Waals surface area contributed by atoms with Gasteiger partial charge < -0.3 is 10.2 Å². The van der Waals surface area contributed by atoms with Crippen molar-refractivity contribution in [3.05, 3.63) is 29.6 Å². The summed E-state index contributed by atoms with van der Waals surface area (Å²) in [5, 5.41) is 2.81. The van der Waals surface area contributed by atoms with Crippen LogP contribution in [0.25, 0.3) is 0 Å². The first-order valence-corrected chi connectivity index (χ1v) is 8.18. The molecule has 0 saturated carbocycles. The molecule has 0 aliphatic heterocycles. The minimum absolute atomic E-state index is 0.0729. The van der Waals surface area contributed by atoms with Gasteiger partial charge in [0, 0.05) is 24.2 Å². The first kappa shape index (κ1) is 18.0. The molecule has 1 aromatic rings.